The molecule has 3 aromatic carbocycles. The minimum atomic E-state index is -0.0334. The molecule has 0 aliphatic heterocycles. The molecule has 3 rings (SSSR count). The van der Waals surface area contributed by atoms with E-state index in [9.17, 15) is 0 Å². The Morgan fingerprint density at radius 3 is 1.72 bits per heavy atom. The zero-order chi connectivity index (χ0) is 22.6. The quantitative estimate of drug-likeness (QED) is 0.399. The molecule has 0 fully saturated rings. The Hall–Kier alpha value is -3.44. The zero-order valence-electron chi connectivity index (χ0n) is 18.6. The average Bonchev–Trinajstić information content (AvgIpc) is 2.83. The maximum atomic E-state index is 9.14. The molecule has 168 valence electrons. The van der Waals surface area contributed by atoms with Crippen LogP contribution >= 0.6 is 0 Å². The summed E-state index contributed by atoms with van der Waals surface area (Å²) >= 11 is 0. The molecule has 0 unspecified atom stereocenters. The number of aliphatic hydroxyl groups excluding tert-OH is 1. The Bertz CT molecular complexity index is 978. The van der Waals surface area contributed by atoms with Crippen molar-refractivity contribution >= 4 is 6.08 Å². The lowest BCUT2D eigenvalue weighted by Crippen LogP contribution is -2.00. The third-order valence-corrected chi connectivity index (χ3v) is 4.66. The molecule has 3 aromatic rings. The van der Waals surface area contributed by atoms with Crippen molar-refractivity contribution in [2.24, 2.45) is 0 Å². The first-order chi connectivity index (χ1) is 15.7. The van der Waals surface area contributed by atoms with Crippen LogP contribution in [0.25, 0.3) is 6.08 Å². The van der Waals surface area contributed by atoms with E-state index in [1.807, 2.05) is 86.7 Å². The van der Waals surface area contributed by atoms with E-state index in [0.717, 1.165) is 28.2 Å². The first-order valence-corrected chi connectivity index (χ1v) is 10.8. The minimum absolute atomic E-state index is 0.0334. The van der Waals surface area contributed by atoms with E-state index in [1.165, 1.54) is 0 Å². The second-order valence-electron chi connectivity index (χ2n) is 7.02. The molecule has 5 nitrogen and oxygen atoms in total. The van der Waals surface area contributed by atoms with Crippen LogP contribution in [0.1, 0.15) is 30.5 Å². The predicted molar refractivity (Wildman–Crippen MR) is 126 cm³/mol. The van der Waals surface area contributed by atoms with E-state index >= 15 is 0 Å². The minimum Gasteiger partial charge on any atom is -0.494 e. The highest BCUT2D eigenvalue weighted by Gasteiger charge is 2.06. The molecule has 0 saturated heterocycles. The molecule has 0 amide bonds. The molecule has 0 bridgehead atoms. The SMILES string of the molecule is CCOc1ccc(COc2ccc(C=CCO)c(OCc3ccc(OCC)cc3)c2)cc1. The zero-order valence-corrected chi connectivity index (χ0v) is 18.6. The van der Waals surface area contributed by atoms with Crippen molar-refractivity contribution < 1.29 is 24.1 Å². The molecule has 5 heteroatoms. The molecule has 0 aliphatic rings. The summed E-state index contributed by atoms with van der Waals surface area (Å²) in [6, 6.07) is 21.4. The number of aliphatic hydroxyl groups is 1. The lowest BCUT2D eigenvalue weighted by Gasteiger charge is -2.13. The molecule has 1 N–H and O–H groups in total. The van der Waals surface area contributed by atoms with Crippen LogP contribution < -0.4 is 18.9 Å². The number of rotatable bonds is 12. The average molecular weight is 435 g/mol. The number of ether oxygens (including phenoxy) is 4. The van der Waals surface area contributed by atoms with E-state index in [4.69, 9.17) is 24.1 Å². The molecule has 0 saturated carbocycles. The first kappa shape index (κ1) is 23.2. The second kappa shape index (κ2) is 12.4. The van der Waals surface area contributed by atoms with Gasteiger partial charge in [-0.05, 0) is 61.4 Å². The van der Waals surface area contributed by atoms with Gasteiger partial charge in [0.25, 0.3) is 0 Å². The lowest BCUT2D eigenvalue weighted by atomic mass is 10.1. The van der Waals surface area contributed by atoms with Gasteiger partial charge in [0, 0.05) is 11.6 Å². The molecule has 0 spiro atoms. The monoisotopic (exact) mass is 434 g/mol. The van der Waals surface area contributed by atoms with Gasteiger partial charge in [-0.15, -0.1) is 0 Å². The molecule has 0 radical (unpaired) electrons. The highest BCUT2D eigenvalue weighted by atomic mass is 16.5. The predicted octanol–water partition coefficient (Wildman–Crippen LogP) is 5.65. The van der Waals surface area contributed by atoms with Crippen LogP contribution in [0.15, 0.2) is 72.8 Å². The molecule has 0 aromatic heterocycles. The highest BCUT2D eigenvalue weighted by molar-refractivity contribution is 5.59. The molecule has 0 aliphatic carbocycles. The molecule has 0 heterocycles. The van der Waals surface area contributed by atoms with E-state index in [1.54, 1.807) is 6.08 Å². The third kappa shape index (κ3) is 7.06. The van der Waals surface area contributed by atoms with E-state index in [-0.39, 0.29) is 6.61 Å². The summed E-state index contributed by atoms with van der Waals surface area (Å²) in [6.07, 6.45) is 3.52. The number of hydrogen-bond acceptors (Lipinski definition) is 5. The largest absolute Gasteiger partial charge is 0.494 e. The summed E-state index contributed by atoms with van der Waals surface area (Å²) in [5.74, 6) is 3.09. The van der Waals surface area contributed by atoms with Crippen LogP contribution in [-0.2, 0) is 13.2 Å². The third-order valence-electron chi connectivity index (χ3n) is 4.66. The highest BCUT2D eigenvalue weighted by Crippen LogP contribution is 2.28. The van der Waals surface area contributed by atoms with Crippen molar-refractivity contribution in [1.29, 1.82) is 0 Å². The van der Waals surface area contributed by atoms with Crippen molar-refractivity contribution in [2.45, 2.75) is 27.1 Å². The topological polar surface area (TPSA) is 57.2 Å². The summed E-state index contributed by atoms with van der Waals surface area (Å²) in [4.78, 5) is 0. The molecular weight excluding hydrogens is 404 g/mol. The van der Waals surface area contributed by atoms with Gasteiger partial charge in [0.15, 0.2) is 0 Å². The summed E-state index contributed by atoms with van der Waals surface area (Å²) in [6.45, 7) is 6.03. The van der Waals surface area contributed by atoms with Crippen molar-refractivity contribution in [3.05, 3.63) is 89.5 Å². The Kier molecular flexibility index (Phi) is 9.02. The van der Waals surface area contributed by atoms with Crippen molar-refractivity contribution in [3.63, 3.8) is 0 Å². The fourth-order valence-electron chi connectivity index (χ4n) is 3.07. The second-order valence-corrected chi connectivity index (χ2v) is 7.02. The van der Waals surface area contributed by atoms with Gasteiger partial charge in [-0.3, -0.25) is 0 Å². The lowest BCUT2D eigenvalue weighted by molar-refractivity contribution is 0.289. The van der Waals surface area contributed by atoms with Crippen LogP contribution in [0.4, 0.5) is 0 Å². The van der Waals surface area contributed by atoms with Gasteiger partial charge in [-0.25, -0.2) is 0 Å². The number of hydrogen-bond donors (Lipinski definition) is 1. The van der Waals surface area contributed by atoms with Crippen LogP contribution in [0.2, 0.25) is 0 Å². The summed E-state index contributed by atoms with van der Waals surface area (Å²) in [5.41, 5.74) is 2.96. The molecule has 32 heavy (non-hydrogen) atoms. The first-order valence-electron chi connectivity index (χ1n) is 10.8. The Labute approximate surface area is 189 Å². The van der Waals surface area contributed by atoms with Crippen molar-refractivity contribution in [1.82, 2.24) is 0 Å². The van der Waals surface area contributed by atoms with Gasteiger partial charge >= 0.3 is 0 Å². The number of benzene rings is 3. The summed E-state index contributed by atoms with van der Waals surface area (Å²) < 4.78 is 23.0. The standard InChI is InChI=1S/C27H30O5/c1-3-29-24-12-7-21(8-13-24)19-31-26-16-11-23(6-5-17-28)27(18-26)32-20-22-9-14-25(15-10-22)30-4-2/h5-16,18,28H,3-4,17,19-20H2,1-2H3. The fourth-order valence-corrected chi connectivity index (χ4v) is 3.07. The van der Waals surface area contributed by atoms with Crippen molar-refractivity contribution in [3.8, 4) is 23.0 Å². The van der Waals surface area contributed by atoms with Crippen molar-refractivity contribution in [2.75, 3.05) is 19.8 Å². The van der Waals surface area contributed by atoms with E-state index in [0.29, 0.717) is 37.9 Å². The van der Waals surface area contributed by atoms with Crippen LogP contribution in [0, 0.1) is 0 Å². The van der Waals surface area contributed by atoms with Gasteiger partial charge in [0.2, 0.25) is 0 Å². The van der Waals surface area contributed by atoms with E-state index in [2.05, 4.69) is 0 Å². The van der Waals surface area contributed by atoms with Gasteiger partial charge in [-0.1, -0.05) is 36.4 Å². The Morgan fingerprint density at radius 2 is 1.19 bits per heavy atom. The molecule has 0 atom stereocenters. The normalized spacial score (nSPS) is 10.8. The van der Waals surface area contributed by atoms with Gasteiger partial charge in [0.1, 0.15) is 36.2 Å². The van der Waals surface area contributed by atoms with Gasteiger partial charge < -0.3 is 24.1 Å². The maximum Gasteiger partial charge on any atom is 0.130 e. The van der Waals surface area contributed by atoms with Gasteiger partial charge in [-0.2, -0.15) is 0 Å². The van der Waals surface area contributed by atoms with Crippen LogP contribution in [0.3, 0.4) is 0 Å². The van der Waals surface area contributed by atoms with Gasteiger partial charge in [0.05, 0.1) is 19.8 Å². The maximum absolute atomic E-state index is 9.14. The Balaban J connectivity index is 1.67. The summed E-state index contributed by atoms with van der Waals surface area (Å²) in [5, 5.41) is 9.14. The smallest absolute Gasteiger partial charge is 0.130 e. The van der Waals surface area contributed by atoms with E-state index < -0.39 is 0 Å². The van der Waals surface area contributed by atoms with Crippen LogP contribution in [-0.4, -0.2) is 24.9 Å². The summed E-state index contributed by atoms with van der Waals surface area (Å²) in [7, 11) is 0. The molecular formula is C27H30O5. The Morgan fingerprint density at radius 1 is 0.656 bits per heavy atom. The fraction of sp³-hybridized carbons (Fsp3) is 0.259. The van der Waals surface area contributed by atoms with Crippen LogP contribution in [0.5, 0.6) is 23.0 Å².